The van der Waals surface area contributed by atoms with Crippen molar-refractivity contribution in [1.82, 2.24) is 29.3 Å². The zero-order valence-corrected chi connectivity index (χ0v) is 27.9. The van der Waals surface area contributed by atoms with Crippen LogP contribution in [0.25, 0.3) is 22.1 Å². The van der Waals surface area contributed by atoms with Gasteiger partial charge in [-0.3, -0.25) is 24.6 Å². The van der Waals surface area contributed by atoms with Crippen LogP contribution in [0, 0.1) is 0 Å². The number of fused-ring (bicyclic) bond motifs is 2. The van der Waals surface area contributed by atoms with Crippen molar-refractivity contribution in [2.45, 2.75) is 32.0 Å². The summed E-state index contributed by atoms with van der Waals surface area (Å²) in [6, 6.07) is 6.43. The molecule has 0 aliphatic carbocycles. The van der Waals surface area contributed by atoms with Crippen LogP contribution in [-0.2, 0) is 22.6 Å². The van der Waals surface area contributed by atoms with Crippen molar-refractivity contribution in [3.05, 3.63) is 47.5 Å². The molecule has 16 heteroatoms. The number of carbonyl (C=O) groups is 3. The second-order valence-corrected chi connectivity index (χ2v) is 12.2. The number of benzene rings is 2. The third-order valence-electron chi connectivity index (χ3n) is 8.69. The Morgan fingerprint density at radius 3 is 2.16 bits per heavy atom. The smallest absolute Gasteiger partial charge is 0.248 e. The van der Waals surface area contributed by atoms with Crippen LogP contribution in [0.15, 0.2) is 36.4 Å². The van der Waals surface area contributed by atoms with Crippen molar-refractivity contribution in [3.63, 3.8) is 0 Å². The summed E-state index contributed by atoms with van der Waals surface area (Å²) in [5.74, 6) is 0.281. The minimum atomic E-state index is -0.619. The van der Waals surface area contributed by atoms with Gasteiger partial charge in [-0.15, -0.1) is 0 Å². The fourth-order valence-corrected chi connectivity index (χ4v) is 6.48. The van der Waals surface area contributed by atoms with E-state index in [0.29, 0.717) is 65.2 Å². The summed E-state index contributed by atoms with van der Waals surface area (Å²) < 4.78 is 21.6. The van der Waals surface area contributed by atoms with Gasteiger partial charge in [0, 0.05) is 70.9 Å². The Bertz CT molecular complexity index is 1920. The number of hydrogen-bond donors (Lipinski definition) is 5. The topological polar surface area (TPSA) is 206 Å². The van der Waals surface area contributed by atoms with E-state index in [1.165, 1.54) is 14.0 Å². The van der Waals surface area contributed by atoms with Crippen LogP contribution in [0.4, 0.5) is 11.9 Å². The van der Waals surface area contributed by atoms with Gasteiger partial charge in [0.15, 0.2) is 0 Å². The number of carbonyl (C=O) groups excluding carboxylic acids is 3. The fraction of sp³-hybridized carbons (Fsp3) is 0.424. The molecule has 260 valence electrons. The van der Waals surface area contributed by atoms with Crippen LogP contribution >= 0.6 is 0 Å². The highest BCUT2D eigenvalue weighted by Crippen LogP contribution is 2.33. The Balaban J connectivity index is 1.21. The number of ether oxygens (including phenoxy) is 3. The first-order chi connectivity index (χ1) is 23.6. The molecule has 3 amide bonds. The average molecular weight is 675 g/mol. The van der Waals surface area contributed by atoms with Gasteiger partial charge in [-0.1, -0.05) is 12.2 Å². The van der Waals surface area contributed by atoms with Crippen LogP contribution in [0.2, 0.25) is 0 Å². The van der Waals surface area contributed by atoms with E-state index in [1.807, 2.05) is 16.7 Å². The number of amides is 3. The van der Waals surface area contributed by atoms with Crippen LogP contribution < -0.4 is 36.9 Å². The van der Waals surface area contributed by atoms with Crippen molar-refractivity contribution in [2.24, 2.45) is 11.5 Å². The monoisotopic (exact) mass is 674 g/mol. The first-order valence-electron chi connectivity index (χ1n) is 16.1. The van der Waals surface area contributed by atoms with E-state index in [0.717, 1.165) is 51.3 Å². The summed E-state index contributed by atoms with van der Waals surface area (Å²) in [4.78, 5) is 47.7. The lowest BCUT2D eigenvalue weighted by molar-refractivity contribution is -0.156. The second-order valence-electron chi connectivity index (χ2n) is 12.2. The molecule has 6 rings (SSSR count). The predicted octanol–water partition coefficient (Wildman–Crippen LogP) is 1.29. The maximum absolute atomic E-state index is 12.2. The van der Waals surface area contributed by atoms with Gasteiger partial charge < -0.3 is 45.4 Å². The summed E-state index contributed by atoms with van der Waals surface area (Å²) in [5, 5.41) is 9.29. The number of morpholine rings is 1. The normalized spacial score (nSPS) is 15.9. The Kier molecular flexibility index (Phi) is 9.71. The number of likely N-dealkylation sites (tertiary alicyclic amines) is 1. The molecule has 0 atom stereocenters. The zero-order valence-electron chi connectivity index (χ0n) is 27.9. The first kappa shape index (κ1) is 33.7. The number of nitrogens with zero attached hydrogens (tertiary/aromatic N) is 5. The van der Waals surface area contributed by atoms with E-state index in [9.17, 15) is 14.4 Å². The maximum Gasteiger partial charge on any atom is 0.248 e. The maximum atomic E-state index is 12.2. The third-order valence-corrected chi connectivity index (χ3v) is 8.69. The molecule has 0 bridgehead atoms. The van der Waals surface area contributed by atoms with Crippen LogP contribution in [0.1, 0.15) is 34.1 Å². The number of nitrogens with two attached hydrogens (primary N) is 2. The third kappa shape index (κ3) is 7.02. The number of nitrogens with one attached hydrogen (secondary N) is 3. The summed E-state index contributed by atoms with van der Waals surface area (Å²) in [6.07, 6.45) is 4.66. The van der Waals surface area contributed by atoms with E-state index < -0.39 is 11.8 Å². The van der Waals surface area contributed by atoms with Gasteiger partial charge in [-0.05, 0) is 30.7 Å². The molecule has 0 unspecified atom stereocenters. The molecule has 2 aromatic heterocycles. The minimum Gasteiger partial charge on any atom is -0.494 e. The molecule has 49 heavy (non-hydrogen) atoms. The number of methoxy groups -OCH3 is 1. The average Bonchev–Trinajstić information content (AvgIpc) is 3.60. The van der Waals surface area contributed by atoms with E-state index >= 15 is 0 Å². The summed E-state index contributed by atoms with van der Waals surface area (Å²) in [5.41, 5.74) is 14.0. The van der Waals surface area contributed by atoms with Crippen molar-refractivity contribution >= 4 is 51.7 Å². The predicted molar refractivity (Wildman–Crippen MR) is 184 cm³/mol. The molecule has 2 saturated heterocycles. The molecular formula is C33H42N10O6. The molecule has 2 aliphatic rings. The number of anilines is 2. The number of rotatable bonds is 14. The van der Waals surface area contributed by atoms with E-state index in [1.54, 1.807) is 35.9 Å². The molecule has 0 saturated carbocycles. The lowest BCUT2D eigenvalue weighted by atomic mass is 9.92. The van der Waals surface area contributed by atoms with Crippen LogP contribution in [0.3, 0.4) is 0 Å². The van der Waals surface area contributed by atoms with Gasteiger partial charge in [0.25, 0.3) is 0 Å². The van der Waals surface area contributed by atoms with Crippen LogP contribution in [0.5, 0.6) is 11.5 Å². The second kappa shape index (κ2) is 14.1. The van der Waals surface area contributed by atoms with E-state index in [4.69, 9.17) is 30.7 Å². The lowest BCUT2D eigenvalue weighted by Gasteiger charge is -2.51. The Labute approximate surface area is 282 Å². The molecule has 4 heterocycles. The highest BCUT2D eigenvalue weighted by molar-refractivity contribution is 6.00. The van der Waals surface area contributed by atoms with Gasteiger partial charge in [-0.25, -0.2) is 9.97 Å². The van der Waals surface area contributed by atoms with Crippen molar-refractivity contribution in [2.75, 3.05) is 70.7 Å². The standard InChI is InChI=1S/C33H42N10O6/c1-20(44)38-32-40-23-13-21(29(34)45)15-25(47-3)27(23)43(32)10-5-4-9-42-28-24(39-31(42)36-2)14-22(30(35)46)16-26(28)48-11-6-8-41-18-33(19-41)17-37-7-12-49-33/h4-5,13-16,37H,6-12,17-19H2,1-3H3,(H2,34,45)(H2,35,46)(H,36,39)(H,38,40,44)/b5-4+. The molecular weight excluding hydrogens is 632 g/mol. The Hall–Kier alpha value is -5.19. The molecule has 1 spiro atoms. The molecule has 16 nitrogen and oxygen atoms in total. The molecule has 7 N–H and O–H groups in total. The van der Waals surface area contributed by atoms with Crippen LogP contribution in [-0.4, -0.2) is 107 Å². The zero-order chi connectivity index (χ0) is 34.7. The van der Waals surface area contributed by atoms with Gasteiger partial charge in [0.1, 0.15) is 28.1 Å². The molecule has 0 radical (unpaired) electrons. The van der Waals surface area contributed by atoms with Crippen molar-refractivity contribution in [3.8, 4) is 11.5 Å². The van der Waals surface area contributed by atoms with Crippen molar-refractivity contribution in [1.29, 1.82) is 0 Å². The highest BCUT2D eigenvalue weighted by Gasteiger charge is 2.44. The number of imidazole rings is 2. The molecule has 2 aliphatic heterocycles. The van der Waals surface area contributed by atoms with Gasteiger partial charge in [0.2, 0.25) is 29.6 Å². The number of aromatic nitrogens is 4. The highest BCUT2D eigenvalue weighted by atomic mass is 16.5. The van der Waals surface area contributed by atoms with E-state index in [2.05, 4.69) is 25.8 Å². The summed E-state index contributed by atoms with van der Waals surface area (Å²) in [7, 11) is 3.26. The molecule has 2 aromatic carbocycles. The Morgan fingerprint density at radius 1 is 0.980 bits per heavy atom. The SMILES string of the molecule is CNc1nc2cc(C(N)=O)cc(OCCCN3CC4(CNCCO4)C3)c2n1C/C=C/Cn1c(NC(C)=O)nc2cc(C(N)=O)cc(OC)c21. The largest absolute Gasteiger partial charge is 0.494 e. The molecule has 4 aromatic rings. The van der Waals surface area contributed by atoms with E-state index in [-0.39, 0.29) is 17.1 Å². The number of hydrogen-bond acceptors (Lipinski definition) is 11. The Morgan fingerprint density at radius 2 is 1.59 bits per heavy atom. The quantitative estimate of drug-likeness (QED) is 0.0952. The number of primary amides is 2. The van der Waals surface area contributed by atoms with Gasteiger partial charge in [0.05, 0.1) is 31.4 Å². The molecule has 2 fully saturated rings. The summed E-state index contributed by atoms with van der Waals surface area (Å²) in [6.45, 7) is 7.72. The first-order valence-corrected chi connectivity index (χ1v) is 16.1. The van der Waals surface area contributed by atoms with Gasteiger partial charge in [-0.2, -0.15) is 0 Å². The lowest BCUT2D eigenvalue weighted by Crippen LogP contribution is -2.69. The fourth-order valence-electron chi connectivity index (χ4n) is 6.48. The van der Waals surface area contributed by atoms with Gasteiger partial charge >= 0.3 is 0 Å². The summed E-state index contributed by atoms with van der Waals surface area (Å²) >= 11 is 0. The van der Waals surface area contributed by atoms with Crippen molar-refractivity contribution < 1.29 is 28.6 Å². The number of allylic oxidation sites excluding steroid dienone is 2. The minimum absolute atomic E-state index is 0.0678.